The first-order valence-electron chi connectivity index (χ1n) is 6.78. The van der Waals surface area contributed by atoms with E-state index in [0.717, 1.165) is 5.57 Å². The summed E-state index contributed by atoms with van der Waals surface area (Å²) in [5.41, 5.74) is 6.22. The first-order valence-corrected chi connectivity index (χ1v) is 6.78. The smallest absolute Gasteiger partial charge is 0.407 e. The van der Waals surface area contributed by atoms with Crippen LogP contribution < -0.4 is 11.1 Å². The Morgan fingerprint density at radius 2 is 1.85 bits per heavy atom. The summed E-state index contributed by atoms with van der Waals surface area (Å²) in [5, 5.41) is 2.61. The number of carbonyl (C=O) groups is 1. The van der Waals surface area contributed by atoms with Gasteiger partial charge in [-0.1, -0.05) is 18.2 Å². The van der Waals surface area contributed by atoms with Gasteiger partial charge in [-0.05, 0) is 19.4 Å². The Balaban J connectivity index is 3.45. The second-order valence-corrected chi connectivity index (χ2v) is 3.88. The maximum absolute atomic E-state index is 11.4. The molecule has 116 valence electrons. The van der Waals surface area contributed by atoms with Crippen molar-refractivity contribution in [3.8, 4) is 0 Å². The van der Waals surface area contributed by atoms with Crippen LogP contribution in [0.3, 0.4) is 0 Å². The number of nitrogens with two attached hydrogens (primary N) is 1. The van der Waals surface area contributed by atoms with Crippen molar-refractivity contribution in [1.82, 2.24) is 5.32 Å². The molecule has 0 radical (unpaired) electrons. The average Bonchev–Trinajstić information content (AvgIpc) is 2.46. The van der Waals surface area contributed by atoms with E-state index in [2.05, 4.69) is 5.32 Å². The maximum atomic E-state index is 11.4. The zero-order valence-electron chi connectivity index (χ0n) is 12.4. The van der Waals surface area contributed by atoms with Gasteiger partial charge in [-0.2, -0.15) is 0 Å². The lowest BCUT2D eigenvalue weighted by molar-refractivity contribution is 0.0514. The minimum atomic E-state index is -0.447. The first kappa shape index (κ1) is 18.6. The number of carbonyl (C=O) groups excluding carboxylic acids is 1. The van der Waals surface area contributed by atoms with Gasteiger partial charge in [0, 0.05) is 13.1 Å². The number of nitrogens with one attached hydrogen (secondary N) is 1. The lowest BCUT2D eigenvalue weighted by Gasteiger charge is -2.08. The molecule has 0 saturated carbocycles. The van der Waals surface area contributed by atoms with Gasteiger partial charge in [0.05, 0.1) is 26.4 Å². The van der Waals surface area contributed by atoms with Crippen LogP contribution in [0.15, 0.2) is 23.8 Å². The molecule has 0 fully saturated rings. The summed E-state index contributed by atoms with van der Waals surface area (Å²) in [7, 11) is 0. The molecule has 0 saturated heterocycles. The summed E-state index contributed by atoms with van der Waals surface area (Å²) in [5.74, 6) is 0. The highest BCUT2D eigenvalue weighted by atomic mass is 16.5. The van der Waals surface area contributed by atoms with Gasteiger partial charge in [-0.3, -0.25) is 0 Å². The van der Waals surface area contributed by atoms with Crippen molar-refractivity contribution in [3.63, 3.8) is 0 Å². The van der Waals surface area contributed by atoms with E-state index in [0.29, 0.717) is 39.5 Å². The number of alkyl carbamates (subject to hydrolysis) is 1. The van der Waals surface area contributed by atoms with E-state index in [1.54, 1.807) is 0 Å². The third kappa shape index (κ3) is 11.7. The fourth-order valence-corrected chi connectivity index (χ4v) is 1.27. The largest absolute Gasteiger partial charge is 0.445 e. The van der Waals surface area contributed by atoms with E-state index in [1.165, 1.54) is 0 Å². The lowest BCUT2D eigenvalue weighted by Crippen LogP contribution is -2.28. The van der Waals surface area contributed by atoms with Gasteiger partial charge < -0.3 is 25.3 Å². The van der Waals surface area contributed by atoms with Crippen LogP contribution in [0.1, 0.15) is 13.8 Å². The Kier molecular flexibility index (Phi) is 13.1. The van der Waals surface area contributed by atoms with Gasteiger partial charge >= 0.3 is 6.09 Å². The zero-order chi connectivity index (χ0) is 15.1. The Morgan fingerprint density at radius 3 is 2.45 bits per heavy atom. The van der Waals surface area contributed by atoms with E-state index < -0.39 is 6.09 Å². The number of allylic oxidation sites excluding steroid dienone is 2. The minimum Gasteiger partial charge on any atom is -0.445 e. The molecule has 0 aliphatic heterocycles. The van der Waals surface area contributed by atoms with Crippen LogP contribution in [0.4, 0.5) is 4.79 Å². The molecule has 0 aliphatic rings. The third-order valence-corrected chi connectivity index (χ3v) is 2.27. The van der Waals surface area contributed by atoms with Gasteiger partial charge in [-0.15, -0.1) is 0 Å². The van der Waals surface area contributed by atoms with E-state index in [9.17, 15) is 4.79 Å². The van der Waals surface area contributed by atoms with Gasteiger partial charge in [0.1, 0.15) is 6.61 Å². The Morgan fingerprint density at radius 1 is 1.15 bits per heavy atom. The lowest BCUT2D eigenvalue weighted by atomic mass is 10.2. The zero-order valence-corrected chi connectivity index (χ0v) is 12.4. The van der Waals surface area contributed by atoms with Crippen LogP contribution in [0.5, 0.6) is 0 Å². The molecule has 6 nitrogen and oxygen atoms in total. The Labute approximate surface area is 120 Å². The highest BCUT2D eigenvalue weighted by molar-refractivity contribution is 5.67. The van der Waals surface area contributed by atoms with Crippen LogP contribution in [-0.2, 0) is 14.2 Å². The molecule has 20 heavy (non-hydrogen) atoms. The molecule has 0 atom stereocenters. The molecule has 0 bridgehead atoms. The summed E-state index contributed by atoms with van der Waals surface area (Å²) in [6.07, 6.45) is 5.25. The molecular weight excluding hydrogens is 260 g/mol. The summed E-state index contributed by atoms with van der Waals surface area (Å²) < 4.78 is 15.4. The van der Waals surface area contributed by atoms with E-state index in [1.807, 2.05) is 32.1 Å². The minimum absolute atomic E-state index is 0.264. The molecule has 0 aromatic carbocycles. The highest BCUT2D eigenvalue weighted by Crippen LogP contribution is 1.97. The van der Waals surface area contributed by atoms with Crippen molar-refractivity contribution >= 4 is 6.09 Å². The van der Waals surface area contributed by atoms with E-state index in [-0.39, 0.29) is 6.61 Å². The Bertz CT molecular complexity index is 304. The van der Waals surface area contributed by atoms with E-state index in [4.69, 9.17) is 19.9 Å². The normalized spacial score (nSPS) is 11.8. The third-order valence-electron chi connectivity index (χ3n) is 2.27. The average molecular weight is 286 g/mol. The standard InChI is InChI=1S/C14H26N2O4/c1-3-5-13(4-2)12-20-14(17)16-7-9-19-11-10-18-8-6-15/h3-5H,6-12,15H2,1-2H3,(H,16,17). The molecule has 0 spiro atoms. The van der Waals surface area contributed by atoms with Gasteiger partial charge in [-0.25, -0.2) is 4.79 Å². The van der Waals surface area contributed by atoms with Crippen LogP contribution in [0.2, 0.25) is 0 Å². The fourth-order valence-electron chi connectivity index (χ4n) is 1.27. The topological polar surface area (TPSA) is 82.8 Å². The van der Waals surface area contributed by atoms with Crippen LogP contribution in [0, 0.1) is 0 Å². The molecule has 0 unspecified atom stereocenters. The Hall–Kier alpha value is -1.37. The molecule has 1 amide bonds. The molecule has 0 aromatic rings. The summed E-state index contributed by atoms with van der Waals surface area (Å²) >= 11 is 0. The van der Waals surface area contributed by atoms with Gasteiger partial charge in [0.15, 0.2) is 0 Å². The highest BCUT2D eigenvalue weighted by Gasteiger charge is 2.01. The molecule has 0 heterocycles. The van der Waals surface area contributed by atoms with E-state index >= 15 is 0 Å². The second kappa shape index (κ2) is 14.0. The summed E-state index contributed by atoms with van der Waals surface area (Å²) in [6, 6.07) is 0. The van der Waals surface area contributed by atoms with Crippen molar-refractivity contribution in [1.29, 1.82) is 0 Å². The predicted molar refractivity (Wildman–Crippen MR) is 78.6 cm³/mol. The quantitative estimate of drug-likeness (QED) is 0.441. The van der Waals surface area contributed by atoms with Gasteiger partial charge in [0.2, 0.25) is 0 Å². The number of hydrogen-bond acceptors (Lipinski definition) is 5. The summed E-state index contributed by atoms with van der Waals surface area (Å²) in [6.45, 7) is 6.95. The maximum Gasteiger partial charge on any atom is 0.407 e. The predicted octanol–water partition coefficient (Wildman–Crippen LogP) is 1.23. The van der Waals surface area contributed by atoms with Crippen LogP contribution in [-0.4, -0.2) is 52.2 Å². The molecule has 0 aromatic heterocycles. The SMILES string of the molecule is CC=CC(=CC)COC(=O)NCCOCCOCCN. The van der Waals surface area contributed by atoms with Crippen LogP contribution in [0.25, 0.3) is 0 Å². The number of hydrogen-bond donors (Lipinski definition) is 2. The van der Waals surface area contributed by atoms with Crippen molar-refractivity contribution < 1.29 is 19.0 Å². The number of amides is 1. The number of ether oxygens (including phenoxy) is 3. The van der Waals surface area contributed by atoms with Crippen molar-refractivity contribution in [2.75, 3.05) is 46.1 Å². The first-order chi connectivity index (χ1) is 9.74. The fraction of sp³-hybridized carbons (Fsp3) is 0.643. The summed E-state index contributed by atoms with van der Waals surface area (Å²) in [4.78, 5) is 11.4. The number of rotatable bonds is 11. The van der Waals surface area contributed by atoms with Crippen molar-refractivity contribution in [3.05, 3.63) is 23.8 Å². The molecule has 6 heteroatoms. The second-order valence-electron chi connectivity index (χ2n) is 3.88. The molecule has 3 N–H and O–H groups in total. The monoisotopic (exact) mass is 286 g/mol. The molecular formula is C14H26N2O4. The van der Waals surface area contributed by atoms with Crippen molar-refractivity contribution in [2.24, 2.45) is 5.73 Å². The van der Waals surface area contributed by atoms with Gasteiger partial charge in [0.25, 0.3) is 0 Å². The molecule has 0 aliphatic carbocycles. The van der Waals surface area contributed by atoms with Crippen molar-refractivity contribution in [2.45, 2.75) is 13.8 Å². The molecule has 0 rings (SSSR count). The van der Waals surface area contributed by atoms with Crippen LogP contribution >= 0.6 is 0 Å².